The molecule has 0 saturated heterocycles. The predicted octanol–water partition coefficient (Wildman–Crippen LogP) is 3.96. The molecule has 0 radical (unpaired) electrons. The van der Waals surface area contributed by atoms with Crippen LogP contribution in [0.1, 0.15) is 24.0 Å². The monoisotopic (exact) mass is 342 g/mol. The van der Waals surface area contributed by atoms with Crippen molar-refractivity contribution in [3.8, 4) is 0 Å². The fourth-order valence-electron chi connectivity index (χ4n) is 2.96. The van der Waals surface area contributed by atoms with E-state index in [1.54, 1.807) is 23.1 Å². The fourth-order valence-corrected chi connectivity index (χ4v) is 3.14. The molecule has 1 aliphatic rings. The second-order valence-electron chi connectivity index (χ2n) is 5.91. The van der Waals surface area contributed by atoms with E-state index in [0.717, 1.165) is 29.7 Å². The first-order valence-corrected chi connectivity index (χ1v) is 8.37. The van der Waals surface area contributed by atoms with Gasteiger partial charge in [-0.05, 0) is 49.1 Å². The molecule has 0 atom stereocenters. The van der Waals surface area contributed by atoms with Crippen molar-refractivity contribution >= 4 is 34.8 Å². The molecule has 0 aliphatic carbocycles. The van der Waals surface area contributed by atoms with E-state index in [9.17, 15) is 9.59 Å². The number of rotatable bonds is 3. The standard InChI is InChI=1S/C19H19ClN2O2/c1-13-15(20)8-4-9-16(13)21-18(23)12-19(24)22-11-5-7-14-6-2-3-10-17(14)22/h2-4,6,8-10H,5,7,11-12H2,1H3,(H,21,23). The number of halogens is 1. The molecule has 0 fully saturated rings. The summed E-state index contributed by atoms with van der Waals surface area (Å²) in [5.74, 6) is -0.507. The Hall–Kier alpha value is -2.33. The van der Waals surface area contributed by atoms with Crippen molar-refractivity contribution in [2.45, 2.75) is 26.2 Å². The number of carbonyl (C=O) groups is 2. The Balaban J connectivity index is 1.69. The number of nitrogens with one attached hydrogen (secondary N) is 1. The summed E-state index contributed by atoms with van der Waals surface area (Å²) in [6.45, 7) is 2.49. The number of nitrogens with zero attached hydrogens (tertiary/aromatic N) is 1. The molecule has 2 aromatic carbocycles. The Kier molecular flexibility index (Phi) is 4.86. The van der Waals surface area contributed by atoms with Gasteiger partial charge in [0, 0.05) is 22.9 Å². The van der Waals surface area contributed by atoms with Crippen LogP contribution in [0.3, 0.4) is 0 Å². The molecule has 1 aliphatic heterocycles. The molecule has 0 bridgehead atoms. The van der Waals surface area contributed by atoms with E-state index in [1.807, 2.05) is 31.2 Å². The number of carbonyl (C=O) groups excluding carboxylic acids is 2. The topological polar surface area (TPSA) is 49.4 Å². The lowest BCUT2D eigenvalue weighted by molar-refractivity contribution is -0.125. The van der Waals surface area contributed by atoms with Gasteiger partial charge in [0.2, 0.25) is 11.8 Å². The molecule has 24 heavy (non-hydrogen) atoms. The lowest BCUT2D eigenvalue weighted by Gasteiger charge is -2.29. The van der Waals surface area contributed by atoms with E-state index in [0.29, 0.717) is 17.3 Å². The van der Waals surface area contributed by atoms with E-state index in [2.05, 4.69) is 5.32 Å². The lowest BCUT2D eigenvalue weighted by Crippen LogP contribution is -2.37. The minimum absolute atomic E-state index is 0.180. The highest BCUT2D eigenvalue weighted by molar-refractivity contribution is 6.31. The van der Waals surface area contributed by atoms with Gasteiger partial charge in [-0.25, -0.2) is 0 Å². The zero-order chi connectivity index (χ0) is 17.1. The maximum Gasteiger partial charge on any atom is 0.236 e. The van der Waals surface area contributed by atoms with Crippen molar-refractivity contribution in [3.63, 3.8) is 0 Å². The Bertz CT molecular complexity index is 789. The molecule has 4 nitrogen and oxygen atoms in total. The molecule has 5 heteroatoms. The highest BCUT2D eigenvalue weighted by atomic mass is 35.5. The number of benzene rings is 2. The molecule has 124 valence electrons. The number of hydrogen-bond acceptors (Lipinski definition) is 2. The van der Waals surface area contributed by atoms with Crippen molar-refractivity contribution in [2.75, 3.05) is 16.8 Å². The fraction of sp³-hybridized carbons (Fsp3) is 0.263. The predicted molar refractivity (Wildman–Crippen MR) is 96.6 cm³/mol. The smallest absolute Gasteiger partial charge is 0.236 e. The van der Waals surface area contributed by atoms with Crippen LogP contribution in [-0.4, -0.2) is 18.4 Å². The highest BCUT2D eigenvalue weighted by Gasteiger charge is 2.24. The van der Waals surface area contributed by atoms with Gasteiger partial charge >= 0.3 is 0 Å². The van der Waals surface area contributed by atoms with Crippen molar-refractivity contribution < 1.29 is 9.59 Å². The normalized spacial score (nSPS) is 13.3. The van der Waals surface area contributed by atoms with Crippen LogP contribution in [0, 0.1) is 6.92 Å². The molecular weight excluding hydrogens is 324 g/mol. The Morgan fingerprint density at radius 3 is 2.79 bits per heavy atom. The van der Waals surface area contributed by atoms with Crippen LogP contribution in [-0.2, 0) is 16.0 Å². The van der Waals surface area contributed by atoms with Crippen molar-refractivity contribution in [1.29, 1.82) is 0 Å². The minimum atomic E-state index is -0.326. The third-order valence-electron chi connectivity index (χ3n) is 4.26. The van der Waals surface area contributed by atoms with Gasteiger partial charge in [0.1, 0.15) is 6.42 Å². The number of para-hydroxylation sites is 1. The summed E-state index contributed by atoms with van der Waals surface area (Å²) in [4.78, 5) is 26.5. The zero-order valence-corrected chi connectivity index (χ0v) is 14.3. The summed E-state index contributed by atoms with van der Waals surface area (Å²) in [6.07, 6.45) is 1.70. The van der Waals surface area contributed by atoms with Crippen molar-refractivity contribution in [3.05, 3.63) is 58.6 Å². The third-order valence-corrected chi connectivity index (χ3v) is 4.67. The van der Waals surface area contributed by atoms with E-state index < -0.39 is 0 Å². The SMILES string of the molecule is Cc1c(Cl)cccc1NC(=O)CC(=O)N1CCCc2ccccc21. The molecule has 1 heterocycles. The molecule has 0 unspecified atom stereocenters. The number of anilines is 2. The maximum absolute atomic E-state index is 12.6. The van der Waals surface area contributed by atoms with Gasteiger partial charge in [-0.15, -0.1) is 0 Å². The maximum atomic E-state index is 12.6. The van der Waals surface area contributed by atoms with Gasteiger partial charge in [0.25, 0.3) is 0 Å². The number of amides is 2. The van der Waals surface area contributed by atoms with E-state index >= 15 is 0 Å². The molecule has 3 rings (SSSR count). The molecule has 0 aromatic heterocycles. The lowest BCUT2D eigenvalue weighted by atomic mass is 10.0. The first-order valence-electron chi connectivity index (χ1n) is 7.99. The average molecular weight is 343 g/mol. The third kappa shape index (κ3) is 3.44. The van der Waals surface area contributed by atoms with Crippen molar-refractivity contribution in [2.24, 2.45) is 0 Å². The minimum Gasteiger partial charge on any atom is -0.325 e. The largest absolute Gasteiger partial charge is 0.325 e. The van der Waals surface area contributed by atoms with Crippen LogP contribution < -0.4 is 10.2 Å². The van der Waals surface area contributed by atoms with Gasteiger partial charge in [-0.1, -0.05) is 35.9 Å². The number of fused-ring (bicyclic) bond motifs is 1. The quantitative estimate of drug-likeness (QED) is 0.858. The van der Waals surface area contributed by atoms with Crippen LogP contribution >= 0.6 is 11.6 Å². The number of aryl methyl sites for hydroxylation is 1. The molecule has 0 saturated carbocycles. The first kappa shape index (κ1) is 16.5. The van der Waals surface area contributed by atoms with Gasteiger partial charge in [-0.3, -0.25) is 9.59 Å². The van der Waals surface area contributed by atoms with Gasteiger partial charge in [0.15, 0.2) is 0 Å². The Labute approximate surface area is 146 Å². The summed E-state index contributed by atoms with van der Waals surface area (Å²) in [6, 6.07) is 13.2. The van der Waals surface area contributed by atoms with Crippen LogP contribution in [0.4, 0.5) is 11.4 Å². The molecule has 0 spiro atoms. The van der Waals surface area contributed by atoms with E-state index in [1.165, 1.54) is 0 Å². The van der Waals surface area contributed by atoms with Crippen LogP contribution in [0.15, 0.2) is 42.5 Å². The van der Waals surface area contributed by atoms with E-state index in [-0.39, 0.29) is 18.2 Å². The summed E-state index contributed by atoms with van der Waals surface area (Å²) in [5, 5.41) is 3.36. The summed E-state index contributed by atoms with van der Waals surface area (Å²) >= 11 is 6.05. The molecule has 2 aromatic rings. The second-order valence-corrected chi connectivity index (χ2v) is 6.32. The summed E-state index contributed by atoms with van der Waals surface area (Å²) in [5.41, 5.74) is 3.51. The Morgan fingerprint density at radius 2 is 1.96 bits per heavy atom. The second kappa shape index (κ2) is 7.05. The van der Waals surface area contributed by atoms with Gasteiger partial charge in [0.05, 0.1) is 0 Å². The average Bonchev–Trinajstić information content (AvgIpc) is 2.58. The van der Waals surface area contributed by atoms with E-state index in [4.69, 9.17) is 11.6 Å². The summed E-state index contributed by atoms with van der Waals surface area (Å²) in [7, 11) is 0. The van der Waals surface area contributed by atoms with Crippen molar-refractivity contribution in [1.82, 2.24) is 0 Å². The van der Waals surface area contributed by atoms with Gasteiger partial charge < -0.3 is 10.2 Å². The molecule has 2 amide bonds. The highest BCUT2D eigenvalue weighted by Crippen LogP contribution is 2.27. The molecular formula is C19H19ClN2O2. The molecule has 1 N–H and O–H groups in total. The Morgan fingerprint density at radius 1 is 1.17 bits per heavy atom. The van der Waals surface area contributed by atoms with Gasteiger partial charge in [-0.2, -0.15) is 0 Å². The first-order chi connectivity index (χ1) is 11.6. The van der Waals surface area contributed by atoms with Crippen LogP contribution in [0.5, 0.6) is 0 Å². The van der Waals surface area contributed by atoms with Crippen LogP contribution in [0.2, 0.25) is 5.02 Å². The zero-order valence-electron chi connectivity index (χ0n) is 13.5. The summed E-state index contributed by atoms with van der Waals surface area (Å²) < 4.78 is 0. The number of hydrogen-bond donors (Lipinski definition) is 1. The van der Waals surface area contributed by atoms with Crippen LogP contribution in [0.25, 0.3) is 0 Å².